The molecule has 0 aliphatic carbocycles. The number of pyridine rings is 1. The van der Waals surface area contributed by atoms with Gasteiger partial charge >= 0.3 is 0 Å². The summed E-state index contributed by atoms with van der Waals surface area (Å²) in [6.07, 6.45) is 1.79. The second-order valence-electron chi connectivity index (χ2n) is 3.58. The van der Waals surface area contributed by atoms with Crippen LogP contribution in [0, 0.1) is 6.92 Å². The van der Waals surface area contributed by atoms with Crippen LogP contribution in [0.5, 0.6) is 5.75 Å². The number of nitrogens with one attached hydrogen (secondary N) is 1. The van der Waals surface area contributed by atoms with Crippen molar-refractivity contribution in [2.75, 3.05) is 12.4 Å². The predicted molar refractivity (Wildman–Crippen MR) is 65.3 cm³/mol. The van der Waals surface area contributed by atoms with E-state index in [4.69, 9.17) is 4.74 Å². The number of aryl methyl sites for hydroxylation is 1. The quantitative estimate of drug-likeness (QED) is 0.852. The van der Waals surface area contributed by atoms with E-state index in [1.165, 1.54) is 5.56 Å². The van der Waals surface area contributed by atoms with E-state index in [1.54, 1.807) is 13.3 Å². The van der Waals surface area contributed by atoms with Gasteiger partial charge in [-0.2, -0.15) is 0 Å². The molecule has 2 aromatic rings. The van der Waals surface area contributed by atoms with Crippen LogP contribution in [0.3, 0.4) is 0 Å². The van der Waals surface area contributed by atoms with Crippen molar-refractivity contribution in [3.63, 3.8) is 0 Å². The van der Waals surface area contributed by atoms with Crippen molar-refractivity contribution >= 4 is 11.5 Å². The highest BCUT2D eigenvalue weighted by Crippen LogP contribution is 2.20. The van der Waals surface area contributed by atoms with Crippen LogP contribution < -0.4 is 10.1 Å². The highest BCUT2D eigenvalue weighted by molar-refractivity contribution is 5.58. The largest absolute Gasteiger partial charge is 0.497 e. The number of aromatic nitrogens is 1. The summed E-state index contributed by atoms with van der Waals surface area (Å²) in [5.41, 5.74) is 2.15. The summed E-state index contributed by atoms with van der Waals surface area (Å²) in [4.78, 5) is 4.24. The molecule has 0 atom stereocenters. The van der Waals surface area contributed by atoms with Gasteiger partial charge in [-0.25, -0.2) is 4.98 Å². The molecule has 1 N–H and O–H groups in total. The summed E-state index contributed by atoms with van der Waals surface area (Å²) in [6.45, 7) is 2.04. The Labute approximate surface area is 95.1 Å². The topological polar surface area (TPSA) is 34.1 Å². The molecular formula is C13H14N2O. The zero-order valence-corrected chi connectivity index (χ0v) is 9.40. The Hall–Kier alpha value is -2.03. The van der Waals surface area contributed by atoms with Crippen LogP contribution in [0.1, 0.15) is 5.56 Å². The summed E-state index contributed by atoms with van der Waals surface area (Å²) in [6, 6.07) is 11.7. The molecule has 0 spiro atoms. The smallest absolute Gasteiger partial charge is 0.130 e. The first-order valence-corrected chi connectivity index (χ1v) is 5.11. The van der Waals surface area contributed by atoms with Crippen LogP contribution >= 0.6 is 0 Å². The molecule has 0 fully saturated rings. The minimum atomic E-state index is 0.831. The highest BCUT2D eigenvalue weighted by atomic mass is 16.5. The van der Waals surface area contributed by atoms with Gasteiger partial charge in [-0.15, -0.1) is 0 Å². The summed E-state index contributed by atoms with van der Waals surface area (Å²) in [7, 11) is 1.66. The first-order valence-electron chi connectivity index (χ1n) is 5.11. The third-order valence-electron chi connectivity index (χ3n) is 2.26. The van der Waals surface area contributed by atoms with E-state index >= 15 is 0 Å². The fourth-order valence-corrected chi connectivity index (χ4v) is 1.45. The number of ether oxygens (including phenoxy) is 1. The molecule has 16 heavy (non-hydrogen) atoms. The van der Waals surface area contributed by atoms with E-state index in [0.717, 1.165) is 17.3 Å². The van der Waals surface area contributed by atoms with Crippen LogP contribution in [0.15, 0.2) is 42.6 Å². The monoisotopic (exact) mass is 214 g/mol. The van der Waals surface area contributed by atoms with Crippen molar-refractivity contribution in [3.8, 4) is 5.75 Å². The average molecular weight is 214 g/mol. The van der Waals surface area contributed by atoms with Crippen LogP contribution in [-0.2, 0) is 0 Å². The molecule has 0 unspecified atom stereocenters. The maximum Gasteiger partial charge on any atom is 0.130 e. The number of hydrogen-bond donors (Lipinski definition) is 1. The Bertz CT molecular complexity index is 483. The number of benzene rings is 1. The molecule has 0 amide bonds. The number of hydrogen-bond acceptors (Lipinski definition) is 3. The SMILES string of the molecule is COc1cccc(Nc2cc(C)ccn2)c1. The lowest BCUT2D eigenvalue weighted by atomic mass is 10.2. The predicted octanol–water partition coefficient (Wildman–Crippen LogP) is 3.14. The van der Waals surface area contributed by atoms with Crippen LogP contribution in [-0.4, -0.2) is 12.1 Å². The van der Waals surface area contributed by atoms with Crippen LogP contribution in [0.2, 0.25) is 0 Å². The Morgan fingerprint density at radius 1 is 1.19 bits per heavy atom. The van der Waals surface area contributed by atoms with E-state index in [9.17, 15) is 0 Å². The van der Waals surface area contributed by atoms with Crippen molar-refractivity contribution in [3.05, 3.63) is 48.2 Å². The molecule has 2 rings (SSSR count). The third kappa shape index (κ3) is 2.51. The third-order valence-corrected chi connectivity index (χ3v) is 2.26. The molecule has 0 bridgehead atoms. The van der Waals surface area contributed by atoms with E-state index in [2.05, 4.69) is 10.3 Å². The van der Waals surface area contributed by atoms with Gasteiger partial charge in [0.25, 0.3) is 0 Å². The second kappa shape index (κ2) is 4.66. The number of rotatable bonds is 3. The van der Waals surface area contributed by atoms with Gasteiger partial charge in [-0.1, -0.05) is 6.07 Å². The number of methoxy groups -OCH3 is 1. The van der Waals surface area contributed by atoms with Crippen LogP contribution in [0.25, 0.3) is 0 Å². The Kier molecular flexibility index (Phi) is 3.05. The molecule has 0 saturated heterocycles. The van der Waals surface area contributed by atoms with Gasteiger partial charge in [0.1, 0.15) is 11.6 Å². The van der Waals surface area contributed by atoms with Gasteiger partial charge in [0.05, 0.1) is 7.11 Å². The lowest BCUT2D eigenvalue weighted by Crippen LogP contribution is -1.94. The lowest BCUT2D eigenvalue weighted by Gasteiger charge is -2.07. The molecule has 0 aliphatic rings. The van der Waals surface area contributed by atoms with Gasteiger partial charge in [-0.05, 0) is 36.8 Å². The zero-order chi connectivity index (χ0) is 11.4. The maximum absolute atomic E-state index is 5.16. The summed E-state index contributed by atoms with van der Waals surface area (Å²) < 4.78 is 5.16. The van der Waals surface area contributed by atoms with Crippen molar-refractivity contribution in [2.24, 2.45) is 0 Å². The Balaban J connectivity index is 2.20. The summed E-state index contributed by atoms with van der Waals surface area (Å²) in [5.74, 6) is 1.67. The van der Waals surface area contributed by atoms with Gasteiger partial charge in [-0.3, -0.25) is 0 Å². The van der Waals surface area contributed by atoms with E-state index in [-0.39, 0.29) is 0 Å². The number of anilines is 2. The molecule has 82 valence electrons. The molecule has 3 heteroatoms. The Morgan fingerprint density at radius 3 is 2.81 bits per heavy atom. The Morgan fingerprint density at radius 2 is 2.06 bits per heavy atom. The van der Waals surface area contributed by atoms with Crippen molar-refractivity contribution in [2.45, 2.75) is 6.92 Å². The van der Waals surface area contributed by atoms with Crippen LogP contribution in [0.4, 0.5) is 11.5 Å². The summed E-state index contributed by atoms with van der Waals surface area (Å²) in [5, 5.41) is 3.23. The second-order valence-corrected chi connectivity index (χ2v) is 3.58. The highest BCUT2D eigenvalue weighted by Gasteiger charge is 1.97. The average Bonchev–Trinajstić information content (AvgIpc) is 2.29. The molecular weight excluding hydrogens is 200 g/mol. The fraction of sp³-hybridized carbons (Fsp3) is 0.154. The molecule has 3 nitrogen and oxygen atoms in total. The zero-order valence-electron chi connectivity index (χ0n) is 9.40. The molecule has 0 aliphatic heterocycles. The minimum absolute atomic E-state index is 0.831. The van der Waals surface area contributed by atoms with E-state index in [1.807, 2.05) is 43.3 Å². The maximum atomic E-state index is 5.16. The molecule has 1 aromatic carbocycles. The van der Waals surface area contributed by atoms with Gasteiger partial charge < -0.3 is 10.1 Å². The molecule has 1 heterocycles. The first kappa shape index (κ1) is 10.5. The minimum Gasteiger partial charge on any atom is -0.497 e. The fourth-order valence-electron chi connectivity index (χ4n) is 1.45. The standard InChI is InChI=1S/C13H14N2O/c1-10-6-7-14-13(8-10)15-11-4-3-5-12(9-11)16-2/h3-9H,1-2H3,(H,14,15). The molecule has 0 radical (unpaired) electrons. The normalized spacial score (nSPS) is 9.88. The van der Waals surface area contributed by atoms with Crippen molar-refractivity contribution in [1.29, 1.82) is 0 Å². The van der Waals surface area contributed by atoms with Gasteiger partial charge in [0.15, 0.2) is 0 Å². The molecule has 1 aromatic heterocycles. The summed E-state index contributed by atoms with van der Waals surface area (Å²) >= 11 is 0. The van der Waals surface area contributed by atoms with Gasteiger partial charge in [0.2, 0.25) is 0 Å². The van der Waals surface area contributed by atoms with Gasteiger partial charge in [0, 0.05) is 18.0 Å². The van der Waals surface area contributed by atoms with E-state index < -0.39 is 0 Å². The molecule has 0 saturated carbocycles. The first-order chi connectivity index (χ1) is 7.78. The lowest BCUT2D eigenvalue weighted by molar-refractivity contribution is 0.415. The van der Waals surface area contributed by atoms with Crippen molar-refractivity contribution in [1.82, 2.24) is 4.98 Å². The number of nitrogens with zero attached hydrogens (tertiary/aromatic N) is 1. The van der Waals surface area contributed by atoms with E-state index in [0.29, 0.717) is 0 Å². The van der Waals surface area contributed by atoms with Crippen molar-refractivity contribution < 1.29 is 4.74 Å².